The number of amides is 1. The number of aliphatic hydroxyl groups is 1. The molecule has 35 heavy (non-hydrogen) atoms. The van der Waals surface area contributed by atoms with Gasteiger partial charge in [0.05, 0.1) is 40.0 Å². The van der Waals surface area contributed by atoms with E-state index < -0.39 is 29.0 Å². The van der Waals surface area contributed by atoms with Gasteiger partial charge in [0.15, 0.2) is 0 Å². The Labute approximate surface area is 206 Å². The van der Waals surface area contributed by atoms with E-state index in [2.05, 4.69) is 16.8 Å². The second-order valence-electron chi connectivity index (χ2n) is 9.47. The smallest absolute Gasteiger partial charge is 0.268 e. The second-order valence-corrected chi connectivity index (χ2v) is 10.6. The first-order chi connectivity index (χ1) is 16.7. The molecule has 11 heteroatoms. The van der Waals surface area contributed by atoms with Crippen LogP contribution in [-0.2, 0) is 11.2 Å². The summed E-state index contributed by atoms with van der Waals surface area (Å²) in [5, 5.41) is 9.58. The molecular formula is C24H28F2N6O2S. The van der Waals surface area contributed by atoms with Gasteiger partial charge in [0.2, 0.25) is 0 Å². The molecular weight excluding hydrogens is 474 g/mol. The molecule has 0 spiro atoms. The number of aliphatic hydroxyl groups excluding tert-OH is 1. The van der Waals surface area contributed by atoms with Crippen molar-refractivity contribution in [3.05, 3.63) is 63.6 Å². The zero-order valence-electron chi connectivity index (χ0n) is 19.2. The van der Waals surface area contributed by atoms with Gasteiger partial charge in [0.1, 0.15) is 22.7 Å². The summed E-state index contributed by atoms with van der Waals surface area (Å²) >= 11 is 0.959. The number of nitrogens with two attached hydrogens (primary N) is 3. The number of hydrogen-bond donors (Lipinski definition) is 4. The fraction of sp³-hybridized carbons (Fsp3) is 0.417. The summed E-state index contributed by atoms with van der Waals surface area (Å²) in [5.41, 5.74) is 20.6. The molecule has 2 aliphatic heterocycles. The summed E-state index contributed by atoms with van der Waals surface area (Å²) in [7, 11) is 0. The van der Waals surface area contributed by atoms with Crippen LogP contribution in [0.5, 0.6) is 0 Å². The van der Waals surface area contributed by atoms with Gasteiger partial charge in [-0.2, -0.15) is 0 Å². The monoisotopic (exact) mass is 502 g/mol. The number of hydrogen-bond acceptors (Lipinski definition) is 8. The first kappa shape index (κ1) is 23.8. The first-order valence-corrected chi connectivity index (χ1v) is 12.4. The molecule has 0 saturated carbocycles. The van der Waals surface area contributed by atoms with Crippen LogP contribution in [0.1, 0.15) is 48.1 Å². The van der Waals surface area contributed by atoms with Gasteiger partial charge in [-0.15, -0.1) is 0 Å². The summed E-state index contributed by atoms with van der Waals surface area (Å²) < 4.78 is 29.9. The third-order valence-electron chi connectivity index (χ3n) is 6.84. The number of aromatic nitrogens is 1. The molecule has 4 unspecified atom stereocenters. The summed E-state index contributed by atoms with van der Waals surface area (Å²) in [6, 6.07) is 3.54. The minimum absolute atomic E-state index is 0.0430. The molecule has 1 saturated heterocycles. The van der Waals surface area contributed by atoms with Gasteiger partial charge >= 0.3 is 0 Å². The molecule has 1 fully saturated rings. The number of halogens is 2. The fourth-order valence-electron chi connectivity index (χ4n) is 5.49. The van der Waals surface area contributed by atoms with Crippen LogP contribution >= 0.6 is 11.8 Å². The summed E-state index contributed by atoms with van der Waals surface area (Å²) in [5.74, 6) is -2.04. The Kier molecular flexibility index (Phi) is 6.10. The lowest BCUT2D eigenvalue weighted by Crippen LogP contribution is -2.47. The number of carbonyl (C=O) groups excluding carboxylic acids is 1. The van der Waals surface area contributed by atoms with E-state index in [4.69, 9.17) is 17.2 Å². The maximum atomic E-state index is 14.9. The van der Waals surface area contributed by atoms with Gasteiger partial charge in [-0.1, -0.05) is 24.8 Å². The van der Waals surface area contributed by atoms with E-state index in [9.17, 15) is 18.7 Å². The van der Waals surface area contributed by atoms with Crippen LogP contribution in [0.4, 0.5) is 20.2 Å². The van der Waals surface area contributed by atoms with Crippen LogP contribution in [0, 0.1) is 17.6 Å². The van der Waals surface area contributed by atoms with E-state index in [0.29, 0.717) is 43.2 Å². The molecule has 3 aliphatic rings. The standard InChI is InChI=1S/C24H28F2N6O2S/c1-11-7-12(27)10-31(9-11)20-13-5-6-17(33)19(13)30-8-16(20)32-21(22(28)34)23(29)35-24(32)18-14(25)3-2-4-15(18)26/h2-4,8,11-12,17,24,33H,5-7,9-10,27,29H2,1H3,(H2,28,34). The molecule has 3 heterocycles. The maximum absolute atomic E-state index is 14.9. The predicted octanol–water partition coefficient (Wildman–Crippen LogP) is 2.38. The highest BCUT2D eigenvalue weighted by Gasteiger charge is 2.43. The van der Waals surface area contributed by atoms with Crippen molar-refractivity contribution in [1.29, 1.82) is 0 Å². The number of nitrogens with zero attached hydrogens (tertiary/aromatic N) is 3. The molecule has 2 aromatic rings. The number of benzene rings is 1. The predicted molar refractivity (Wildman–Crippen MR) is 131 cm³/mol. The Balaban J connectivity index is 1.74. The second kappa shape index (κ2) is 8.96. The van der Waals surface area contributed by atoms with Gasteiger partial charge < -0.3 is 32.1 Å². The van der Waals surface area contributed by atoms with E-state index in [1.54, 1.807) is 0 Å². The van der Waals surface area contributed by atoms with Crippen molar-refractivity contribution in [2.24, 2.45) is 23.1 Å². The quantitative estimate of drug-likeness (QED) is 0.501. The maximum Gasteiger partial charge on any atom is 0.268 e. The largest absolute Gasteiger partial charge is 0.392 e. The zero-order chi connectivity index (χ0) is 25.0. The highest BCUT2D eigenvalue weighted by atomic mass is 32.2. The van der Waals surface area contributed by atoms with E-state index in [1.807, 2.05) is 0 Å². The lowest BCUT2D eigenvalue weighted by atomic mass is 9.95. The molecule has 5 rings (SSSR count). The molecule has 186 valence electrons. The number of anilines is 2. The first-order valence-electron chi connectivity index (χ1n) is 11.6. The van der Waals surface area contributed by atoms with Crippen molar-refractivity contribution < 1.29 is 18.7 Å². The summed E-state index contributed by atoms with van der Waals surface area (Å²) in [6.45, 7) is 3.35. The molecule has 0 bridgehead atoms. The minimum atomic E-state index is -1.01. The Morgan fingerprint density at radius 3 is 2.63 bits per heavy atom. The van der Waals surface area contributed by atoms with Crippen LogP contribution in [0.15, 0.2) is 35.1 Å². The Hall–Kier alpha value is -2.89. The minimum Gasteiger partial charge on any atom is -0.392 e. The van der Waals surface area contributed by atoms with Crippen molar-refractivity contribution in [2.75, 3.05) is 22.9 Å². The number of pyridine rings is 1. The van der Waals surface area contributed by atoms with Crippen molar-refractivity contribution in [3.63, 3.8) is 0 Å². The van der Waals surface area contributed by atoms with Gasteiger partial charge in [-0.25, -0.2) is 8.78 Å². The topological polar surface area (TPSA) is 135 Å². The SMILES string of the molecule is CC1CC(N)CN(c2c(N3C(C(N)=O)=C(N)SC3c3c(F)cccc3F)cnc3c2CCC3O)C1. The average molecular weight is 503 g/mol. The highest BCUT2D eigenvalue weighted by Crippen LogP contribution is 2.53. The van der Waals surface area contributed by atoms with Crippen LogP contribution in [0.25, 0.3) is 0 Å². The molecule has 1 aliphatic carbocycles. The van der Waals surface area contributed by atoms with Crippen LogP contribution in [0.3, 0.4) is 0 Å². The average Bonchev–Trinajstić information content (AvgIpc) is 3.32. The highest BCUT2D eigenvalue weighted by molar-refractivity contribution is 8.03. The van der Waals surface area contributed by atoms with Gasteiger partial charge in [-0.3, -0.25) is 9.78 Å². The summed E-state index contributed by atoms with van der Waals surface area (Å²) in [6.07, 6.45) is 2.76. The van der Waals surface area contributed by atoms with Gasteiger partial charge in [0, 0.05) is 24.7 Å². The zero-order valence-corrected chi connectivity index (χ0v) is 20.1. The molecule has 8 nitrogen and oxygen atoms in total. The number of thioether (sulfide) groups is 1. The number of rotatable bonds is 4. The molecule has 7 N–H and O–H groups in total. The van der Waals surface area contributed by atoms with Crippen molar-refractivity contribution in [1.82, 2.24) is 4.98 Å². The molecule has 1 aromatic carbocycles. The summed E-state index contributed by atoms with van der Waals surface area (Å²) in [4.78, 5) is 20.7. The van der Waals surface area contributed by atoms with E-state index in [0.717, 1.165) is 29.4 Å². The fourth-order valence-corrected chi connectivity index (χ4v) is 6.71. The van der Waals surface area contributed by atoms with E-state index in [-0.39, 0.29) is 22.3 Å². The Morgan fingerprint density at radius 1 is 1.26 bits per heavy atom. The third kappa shape index (κ3) is 4.01. The normalized spacial score (nSPS) is 26.4. The lowest BCUT2D eigenvalue weighted by Gasteiger charge is -2.40. The molecule has 0 radical (unpaired) electrons. The van der Waals surface area contributed by atoms with Crippen LogP contribution in [0.2, 0.25) is 0 Å². The van der Waals surface area contributed by atoms with E-state index >= 15 is 0 Å². The lowest BCUT2D eigenvalue weighted by molar-refractivity contribution is -0.114. The third-order valence-corrected chi connectivity index (χ3v) is 7.96. The Bertz CT molecular complexity index is 1190. The molecule has 1 aromatic heterocycles. The molecule has 4 atom stereocenters. The van der Waals surface area contributed by atoms with Crippen molar-refractivity contribution in [2.45, 2.75) is 43.7 Å². The number of piperidine rings is 1. The molecule has 1 amide bonds. The van der Waals surface area contributed by atoms with E-state index in [1.165, 1.54) is 29.3 Å². The van der Waals surface area contributed by atoms with Gasteiger partial charge in [0.25, 0.3) is 5.91 Å². The Morgan fingerprint density at radius 2 is 1.97 bits per heavy atom. The van der Waals surface area contributed by atoms with Crippen LogP contribution in [-0.4, -0.2) is 35.1 Å². The number of fused-ring (bicyclic) bond motifs is 1. The number of primary amides is 1. The van der Waals surface area contributed by atoms with Crippen molar-refractivity contribution >= 4 is 29.0 Å². The van der Waals surface area contributed by atoms with Crippen molar-refractivity contribution in [3.8, 4) is 0 Å². The van der Waals surface area contributed by atoms with Gasteiger partial charge in [-0.05, 0) is 37.3 Å². The number of carbonyl (C=O) groups is 1. The van der Waals surface area contributed by atoms with Crippen LogP contribution < -0.4 is 27.0 Å².